The molecule has 4 heteroatoms. The number of unbranched alkanes of at least 4 members (excludes halogenated alkanes) is 2. The van der Waals surface area contributed by atoms with Gasteiger partial charge in [0.2, 0.25) is 0 Å². The predicted molar refractivity (Wildman–Crippen MR) is 107 cm³/mol. The van der Waals surface area contributed by atoms with Gasteiger partial charge in [-0.1, -0.05) is 32.8 Å². The first kappa shape index (κ1) is 21.0. The molecule has 0 saturated carbocycles. The van der Waals surface area contributed by atoms with E-state index in [9.17, 15) is 5.11 Å². The first-order valence-corrected chi connectivity index (χ1v) is 10.5. The average molecular weight is 364 g/mol. The van der Waals surface area contributed by atoms with E-state index < -0.39 is 0 Å². The fourth-order valence-corrected chi connectivity index (χ4v) is 3.72. The van der Waals surface area contributed by atoms with Crippen LogP contribution in [0.25, 0.3) is 0 Å². The maximum Gasteiger partial charge on any atom is 0.161 e. The fourth-order valence-electron chi connectivity index (χ4n) is 3.72. The minimum Gasteiger partial charge on any atom is -0.490 e. The molecule has 1 aromatic carbocycles. The number of piperidine rings is 1. The third-order valence-corrected chi connectivity index (χ3v) is 5.13. The molecule has 1 N–H and O–H groups in total. The number of ether oxygens (including phenoxy) is 2. The Morgan fingerprint density at radius 1 is 1.08 bits per heavy atom. The van der Waals surface area contributed by atoms with Gasteiger partial charge >= 0.3 is 0 Å². The second-order valence-electron chi connectivity index (χ2n) is 7.39. The zero-order valence-corrected chi connectivity index (χ0v) is 16.9. The van der Waals surface area contributed by atoms with Gasteiger partial charge in [0.1, 0.15) is 0 Å². The van der Waals surface area contributed by atoms with Crippen molar-refractivity contribution in [3.8, 4) is 11.5 Å². The Bertz CT molecular complexity index is 520. The number of likely N-dealkylation sites (tertiary alicyclic amines) is 1. The lowest BCUT2D eigenvalue weighted by molar-refractivity contribution is 0.0270. The van der Waals surface area contributed by atoms with Crippen molar-refractivity contribution in [1.82, 2.24) is 4.90 Å². The lowest BCUT2D eigenvalue weighted by atomic mass is 9.88. The Morgan fingerprint density at radius 2 is 1.92 bits per heavy atom. The van der Waals surface area contributed by atoms with E-state index in [0.717, 1.165) is 57.0 Å². The molecule has 1 aliphatic heterocycles. The van der Waals surface area contributed by atoms with Gasteiger partial charge in [0.25, 0.3) is 0 Å². The van der Waals surface area contributed by atoms with Crippen LogP contribution in [0.4, 0.5) is 0 Å². The molecular weight excluding hydrogens is 326 g/mol. The van der Waals surface area contributed by atoms with Gasteiger partial charge in [0, 0.05) is 19.0 Å². The molecule has 1 aromatic rings. The molecule has 4 nitrogen and oxygen atoms in total. The Labute approximate surface area is 159 Å². The quantitative estimate of drug-likeness (QED) is 0.596. The Kier molecular flexibility index (Phi) is 9.27. The molecule has 1 heterocycles. The van der Waals surface area contributed by atoms with Crippen LogP contribution in [0.3, 0.4) is 0 Å². The molecule has 2 atom stereocenters. The summed E-state index contributed by atoms with van der Waals surface area (Å²) in [6, 6.07) is 6.26. The van der Waals surface area contributed by atoms with E-state index in [1.807, 2.05) is 13.0 Å². The van der Waals surface area contributed by atoms with Crippen LogP contribution in [0.5, 0.6) is 11.5 Å². The molecule has 0 aliphatic carbocycles. The lowest BCUT2D eigenvalue weighted by Crippen LogP contribution is -2.44. The van der Waals surface area contributed by atoms with Crippen LogP contribution < -0.4 is 9.47 Å². The number of aliphatic hydroxyl groups is 1. The van der Waals surface area contributed by atoms with Gasteiger partial charge in [-0.15, -0.1) is 0 Å². The van der Waals surface area contributed by atoms with Gasteiger partial charge in [0.05, 0.1) is 19.3 Å². The van der Waals surface area contributed by atoms with Crippen molar-refractivity contribution in [2.24, 2.45) is 5.92 Å². The average Bonchev–Trinajstić information content (AvgIpc) is 2.63. The molecular formula is C22H37NO3. The number of aliphatic hydroxyl groups excluding tert-OH is 1. The number of hydrogen-bond acceptors (Lipinski definition) is 4. The standard InChI is InChI=1S/C22H37NO3/c1-4-7-8-14-26-21-10-9-18(16-22(21)25-6-3)15-19-17-23(12-5-2)13-11-20(19)24/h9-10,16,19-20,24H,4-8,11-15,17H2,1-3H3. The normalized spacial score (nSPS) is 20.9. The highest BCUT2D eigenvalue weighted by molar-refractivity contribution is 5.43. The number of benzene rings is 1. The molecule has 1 saturated heterocycles. The van der Waals surface area contributed by atoms with Gasteiger partial charge in [0.15, 0.2) is 11.5 Å². The first-order valence-electron chi connectivity index (χ1n) is 10.5. The third kappa shape index (κ3) is 6.48. The molecule has 2 unspecified atom stereocenters. The number of hydrogen-bond donors (Lipinski definition) is 1. The van der Waals surface area contributed by atoms with E-state index in [2.05, 4.69) is 30.9 Å². The molecule has 0 spiro atoms. The summed E-state index contributed by atoms with van der Waals surface area (Å²) < 4.78 is 11.7. The van der Waals surface area contributed by atoms with Gasteiger partial charge in [-0.05, 0) is 56.8 Å². The summed E-state index contributed by atoms with van der Waals surface area (Å²) in [6.45, 7) is 10.9. The van der Waals surface area contributed by atoms with E-state index in [-0.39, 0.29) is 6.10 Å². The van der Waals surface area contributed by atoms with E-state index in [1.54, 1.807) is 0 Å². The Balaban J connectivity index is 2.00. The highest BCUT2D eigenvalue weighted by atomic mass is 16.5. The molecule has 0 bridgehead atoms. The summed E-state index contributed by atoms with van der Waals surface area (Å²) in [4.78, 5) is 2.48. The Hall–Kier alpha value is -1.26. The maximum absolute atomic E-state index is 10.4. The van der Waals surface area contributed by atoms with Crippen molar-refractivity contribution in [2.75, 3.05) is 32.8 Å². The summed E-state index contributed by atoms with van der Waals surface area (Å²) in [5.74, 6) is 1.96. The van der Waals surface area contributed by atoms with Crippen LogP contribution in [-0.2, 0) is 6.42 Å². The summed E-state index contributed by atoms with van der Waals surface area (Å²) in [7, 11) is 0. The zero-order chi connectivity index (χ0) is 18.8. The largest absolute Gasteiger partial charge is 0.490 e. The van der Waals surface area contributed by atoms with Crippen molar-refractivity contribution in [1.29, 1.82) is 0 Å². The van der Waals surface area contributed by atoms with Crippen molar-refractivity contribution >= 4 is 0 Å². The molecule has 1 aliphatic rings. The topological polar surface area (TPSA) is 41.9 Å². The number of nitrogens with zero attached hydrogens (tertiary/aromatic N) is 1. The second-order valence-corrected chi connectivity index (χ2v) is 7.39. The van der Waals surface area contributed by atoms with Gasteiger partial charge < -0.3 is 19.5 Å². The van der Waals surface area contributed by atoms with Crippen LogP contribution in [0.2, 0.25) is 0 Å². The maximum atomic E-state index is 10.4. The lowest BCUT2D eigenvalue weighted by Gasteiger charge is -2.36. The minimum atomic E-state index is -0.205. The van der Waals surface area contributed by atoms with E-state index in [4.69, 9.17) is 9.47 Å². The van der Waals surface area contributed by atoms with Crippen LogP contribution >= 0.6 is 0 Å². The SMILES string of the molecule is CCCCCOc1ccc(CC2CN(CCC)CCC2O)cc1OCC. The van der Waals surface area contributed by atoms with Crippen molar-refractivity contribution in [3.63, 3.8) is 0 Å². The highest BCUT2D eigenvalue weighted by Gasteiger charge is 2.27. The van der Waals surface area contributed by atoms with Crippen molar-refractivity contribution in [2.45, 2.75) is 65.4 Å². The first-order chi connectivity index (χ1) is 12.7. The number of rotatable bonds is 11. The van der Waals surface area contributed by atoms with Crippen molar-refractivity contribution < 1.29 is 14.6 Å². The molecule has 26 heavy (non-hydrogen) atoms. The molecule has 148 valence electrons. The highest BCUT2D eigenvalue weighted by Crippen LogP contribution is 2.31. The molecule has 2 rings (SSSR count). The van der Waals surface area contributed by atoms with E-state index in [0.29, 0.717) is 12.5 Å². The molecule has 0 amide bonds. The smallest absolute Gasteiger partial charge is 0.161 e. The fraction of sp³-hybridized carbons (Fsp3) is 0.727. The van der Waals surface area contributed by atoms with Gasteiger partial charge in [-0.3, -0.25) is 0 Å². The summed E-state index contributed by atoms with van der Waals surface area (Å²) >= 11 is 0. The second kappa shape index (κ2) is 11.5. The molecule has 1 fully saturated rings. The summed E-state index contributed by atoms with van der Waals surface area (Å²) in [5.41, 5.74) is 1.22. The summed E-state index contributed by atoms with van der Waals surface area (Å²) in [6.07, 6.45) is 6.19. The monoisotopic (exact) mass is 363 g/mol. The summed E-state index contributed by atoms with van der Waals surface area (Å²) in [5, 5.41) is 10.4. The van der Waals surface area contributed by atoms with Gasteiger partial charge in [-0.25, -0.2) is 0 Å². The predicted octanol–water partition coefficient (Wildman–Crippen LogP) is 4.29. The molecule has 0 radical (unpaired) electrons. The van der Waals surface area contributed by atoms with Crippen LogP contribution in [0, 0.1) is 5.92 Å². The van der Waals surface area contributed by atoms with Crippen molar-refractivity contribution in [3.05, 3.63) is 23.8 Å². The van der Waals surface area contributed by atoms with E-state index >= 15 is 0 Å². The van der Waals surface area contributed by atoms with Crippen LogP contribution in [0.1, 0.15) is 58.4 Å². The van der Waals surface area contributed by atoms with Gasteiger partial charge in [-0.2, -0.15) is 0 Å². The third-order valence-electron chi connectivity index (χ3n) is 5.13. The molecule has 0 aromatic heterocycles. The van der Waals surface area contributed by atoms with E-state index in [1.165, 1.54) is 24.8 Å². The van der Waals surface area contributed by atoms with Crippen LogP contribution in [0.15, 0.2) is 18.2 Å². The Morgan fingerprint density at radius 3 is 2.65 bits per heavy atom. The van der Waals surface area contributed by atoms with Crippen LogP contribution in [-0.4, -0.2) is 49.0 Å². The zero-order valence-electron chi connectivity index (χ0n) is 16.9. The minimum absolute atomic E-state index is 0.205.